The summed E-state index contributed by atoms with van der Waals surface area (Å²) in [5.74, 6) is 1.58. The van der Waals surface area contributed by atoms with Gasteiger partial charge in [0.1, 0.15) is 8.07 Å². The maximum Gasteiger partial charge on any atom is 1.00 e. The SMILES string of the molecule is CC(C)[Si](C#C[B-](F)(F)F)(C(C)C)C(C)C.[K+]. The van der Waals surface area contributed by atoms with Crippen molar-refractivity contribution in [2.45, 2.75) is 58.2 Å². The van der Waals surface area contributed by atoms with Crippen LogP contribution < -0.4 is 51.4 Å². The zero-order valence-corrected chi connectivity index (χ0v) is 16.1. The van der Waals surface area contributed by atoms with Crippen LogP contribution in [0.1, 0.15) is 41.5 Å². The standard InChI is InChI=1S/C11H21BF3Si.K/c1-9(2)16(10(3)4,11(5)6)8-7-12(13,14)15;/h9-11H,1-6H3;/q-1;+1. The van der Waals surface area contributed by atoms with E-state index in [-0.39, 0.29) is 68.0 Å². The van der Waals surface area contributed by atoms with Gasteiger partial charge in [0.05, 0.1) is 0 Å². The van der Waals surface area contributed by atoms with Crippen LogP contribution in [0.4, 0.5) is 12.9 Å². The molecule has 94 valence electrons. The number of hydrogen-bond acceptors (Lipinski definition) is 0. The van der Waals surface area contributed by atoms with Gasteiger partial charge in [0, 0.05) is 0 Å². The van der Waals surface area contributed by atoms with E-state index in [1.165, 1.54) is 0 Å². The quantitative estimate of drug-likeness (QED) is 0.546. The van der Waals surface area contributed by atoms with Crippen molar-refractivity contribution >= 4 is 15.1 Å². The Morgan fingerprint density at radius 1 is 0.824 bits per heavy atom. The molecule has 0 saturated carbocycles. The molecular formula is C11H21BF3KSi. The Morgan fingerprint density at radius 3 is 1.29 bits per heavy atom. The number of halogens is 3. The van der Waals surface area contributed by atoms with Crippen molar-refractivity contribution in [2.24, 2.45) is 0 Å². The minimum absolute atomic E-state index is 0. The summed E-state index contributed by atoms with van der Waals surface area (Å²) in [6.45, 7) is 7.05. The van der Waals surface area contributed by atoms with Gasteiger partial charge in [0.25, 0.3) is 0 Å². The fourth-order valence-corrected chi connectivity index (χ4v) is 7.92. The zero-order valence-electron chi connectivity index (χ0n) is 11.9. The molecule has 0 bridgehead atoms. The van der Waals surface area contributed by atoms with Gasteiger partial charge in [-0.05, 0) is 16.6 Å². The minimum atomic E-state index is -4.98. The molecule has 0 radical (unpaired) electrons. The summed E-state index contributed by atoms with van der Waals surface area (Å²) in [6.07, 6.45) is 0. The van der Waals surface area contributed by atoms with Crippen molar-refractivity contribution in [3.8, 4) is 11.4 Å². The second-order valence-corrected chi connectivity index (χ2v) is 10.8. The molecule has 0 amide bonds. The third kappa shape index (κ3) is 5.83. The zero-order chi connectivity index (χ0) is 13.1. The Labute approximate surface area is 147 Å². The van der Waals surface area contributed by atoms with Crippen molar-refractivity contribution in [1.29, 1.82) is 0 Å². The van der Waals surface area contributed by atoms with Crippen molar-refractivity contribution in [1.82, 2.24) is 0 Å². The summed E-state index contributed by atoms with van der Waals surface area (Å²) in [7, 11) is -2.20. The first-order chi connectivity index (χ1) is 7.04. The average molecular weight is 288 g/mol. The molecule has 0 aromatic carbocycles. The summed E-state index contributed by atoms with van der Waals surface area (Å²) < 4.78 is 36.9. The third-order valence-corrected chi connectivity index (χ3v) is 9.63. The largest absolute Gasteiger partial charge is 1.00 e. The summed E-state index contributed by atoms with van der Waals surface area (Å²) in [6, 6.07) is 0. The molecule has 17 heavy (non-hydrogen) atoms. The van der Waals surface area contributed by atoms with Gasteiger partial charge >= 0.3 is 58.4 Å². The molecule has 0 spiro atoms. The van der Waals surface area contributed by atoms with E-state index in [0.717, 1.165) is 0 Å². The van der Waals surface area contributed by atoms with Gasteiger partial charge in [-0.3, -0.25) is 0 Å². The van der Waals surface area contributed by atoms with Gasteiger partial charge in [-0.1, -0.05) is 41.5 Å². The van der Waals surface area contributed by atoms with Crippen molar-refractivity contribution < 1.29 is 64.3 Å². The third-order valence-electron chi connectivity index (χ3n) is 3.32. The molecule has 0 aromatic heterocycles. The average Bonchev–Trinajstić information content (AvgIpc) is 2.00. The Hall–Kier alpha value is 1.27. The van der Waals surface area contributed by atoms with E-state index in [1.54, 1.807) is 5.82 Å². The predicted molar refractivity (Wildman–Crippen MR) is 67.9 cm³/mol. The van der Waals surface area contributed by atoms with Crippen LogP contribution >= 0.6 is 0 Å². The molecule has 0 aliphatic rings. The van der Waals surface area contributed by atoms with Crippen LogP contribution in [0.3, 0.4) is 0 Å². The van der Waals surface area contributed by atoms with Gasteiger partial charge in [-0.2, -0.15) is 5.54 Å². The summed E-state index contributed by atoms with van der Waals surface area (Å²) in [5, 5.41) is 0. The smallest absolute Gasteiger partial charge is 0.438 e. The molecule has 0 fully saturated rings. The molecule has 0 nitrogen and oxygen atoms in total. The Bertz CT molecular complexity index is 268. The van der Waals surface area contributed by atoms with Crippen molar-refractivity contribution in [3.63, 3.8) is 0 Å². The van der Waals surface area contributed by atoms with Gasteiger partial charge in [-0.15, -0.1) is 0 Å². The molecule has 0 rings (SSSR count). The molecular weight excluding hydrogens is 267 g/mol. The number of hydrogen-bond donors (Lipinski definition) is 0. The van der Waals surface area contributed by atoms with E-state index in [2.05, 4.69) is 5.54 Å². The first-order valence-corrected chi connectivity index (χ1v) is 8.01. The molecule has 0 aliphatic heterocycles. The Morgan fingerprint density at radius 2 is 1.12 bits per heavy atom. The summed E-state index contributed by atoms with van der Waals surface area (Å²) in [5.41, 5.74) is 3.41. The van der Waals surface area contributed by atoms with Crippen LogP contribution in [0.25, 0.3) is 0 Å². The van der Waals surface area contributed by atoms with Gasteiger partial charge in [-0.25, -0.2) is 5.82 Å². The monoisotopic (exact) mass is 288 g/mol. The predicted octanol–water partition coefficient (Wildman–Crippen LogP) is 1.60. The molecule has 0 heterocycles. The summed E-state index contributed by atoms with van der Waals surface area (Å²) in [4.78, 5) is 0. The number of rotatable bonds is 3. The maximum absolute atomic E-state index is 12.3. The molecule has 0 saturated heterocycles. The molecule has 0 aromatic rings. The van der Waals surface area contributed by atoms with Crippen LogP contribution in [0, 0.1) is 11.4 Å². The van der Waals surface area contributed by atoms with Crippen LogP contribution in [0.5, 0.6) is 0 Å². The molecule has 0 atom stereocenters. The van der Waals surface area contributed by atoms with E-state index in [1.807, 2.05) is 41.5 Å². The minimum Gasteiger partial charge on any atom is -0.438 e. The van der Waals surface area contributed by atoms with E-state index < -0.39 is 15.1 Å². The van der Waals surface area contributed by atoms with Crippen LogP contribution in [0.2, 0.25) is 16.6 Å². The van der Waals surface area contributed by atoms with Crippen LogP contribution in [-0.4, -0.2) is 15.1 Å². The van der Waals surface area contributed by atoms with Crippen LogP contribution in [0.15, 0.2) is 0 Å². The van der Waals surface area contributed by atoms with Crippen molar-refractivity contribution in [3.05, 3.63) is 0 Å². The normalized spacial score (nSPS) is 12.5. The Balaban J connectivity index is 0. The fraction of sp³-hybridized carbons (Fsp3) is 0.818. The molecule has 0 N–H and O–H groups in total. The maximum atomic E-state index is 12.3. The van der Waals surface area contributed by atoms with E-state index in [0.29, 0.717) is 0 Å². The Kier molecular flexibility index (Phi) is 9.40. The topological polar surface area (TPSA) is 0 Å². The van der Waals surface area contributed by atoms with E-state index >= 15 is 0 Å². The first-order valence-electron chi connectivity index (χ1n) is 5.77. The fourth-order valence-electron chi connectivity index (χ4n) is 2.64. The van der Waals surface area contributed by atoms with E-state index in [4.69, 9.17) is 0 Å². The second-order valence-electron chi connectivity index (χ2n) is 5.24. The van der Waals surface area contributed by atoms with Crippen molar-refractivity contribution in [2.75, 3.05) is 0 Å². The van der Waals surface area contributed by atoms with Gasteiger partial charge in [0.15, 0.2) is 0 Å². The first kappa shape index (κ1) is 20.6. The molecule has 6 heteroatoms. The van der Waals surface area contributed by atoms with Gasteiger partial charge < -0.3 is 12.9 Å². The molecule has 0 aliphatic carbocycles. The second kappa shape index (κ2) is 7.76. The van der Waals surface area contributed by atoms with Gasteiger partial charge in [0.2, 0.25) is 0 Å². The molecule has 0 unspecified atom stereocenters. The summed E-state index contributed by atoms with van der Waals surface area (Å²) >= 11 is 0. The van der Waals surface area contributed by atoms with E-state index in [9.17, 15) is 12.9 Å². The van der Waals surface area contributed by atoms with Crippen LogP contribution in [-0.2, 0) is 0 Å².